The van der Waals surface area contributed by atoms with Crippen LogP contribution in [0.15, 0.2) is 30.4 Å². The molecular weight excluding hydrogens is 262 g/mol. The fraction of sp³-hybridized carbons (Fsp3) is 0.556. The molecule has 1 aromatic rings. The normalized spacial score (nSPS) is 37.8. The summed E-state index contributed by atoms with van der Waals surface area (Å²) in [7, 11) is 3.86. The van der Waals surface area contributed by atoms with Crippen LogP contribution in [0.5, 0.6) is 5.75 Å². The fourth-order valence-electron chi connectivity index (χ4n) is 4.86. The second-order valence-corrected chi connectivity index (χ2v) is 6.81. The molecule has 21 heavy (non-hydrogen) atoms. The Balaban J connectivity index is 1.98. The molecule has 1 fully saturated rings. The molecule has 1 aliphatic heterocycles. The van der Waals surface area contributed by atoms with Gasteiger partial charge in [-0.05, 0) is 62.5 Å². The van der Waals surface area contributed by atoms with Gasteiger partial charge >= 0.3 is 0 Å². The van der Waals surface area contributed by atoms with Crippen molar-refractivity contribution in [1.82, 2.24) is 4.90 Å². The lowest BCUT2D eigenvalue weighted by Crippen LogP contribution is -2.70. The smallest absolute Gasteiger partial charge is 0.119 e. The van der Waals surface area contributed by atoms with E-state index in [1.165, 1.54) is 11.1 Å². The summed E-state index contributed by atoms with van der Waals surface area (Å²) >= 11 is 0. The van der Waals surface area contributed by atoms with Gasteiger partial charge in [0.15, 0.2) is 0 Å². The molecule has 0 radical (unpaired) electrons. The Bertz CT molecular complexity index is 611. The van der Waals surface area contributed by atoms with Gasteiger partial charge in [0.2, 0.25) is 0 Å². The molecule has 4 rings (SSSR count). The Morgan fingerprint density at radius 2 is 2.19 bits per heavy atom. The number of benzene rings is 1. The van der Waals surface area contributed by atoms with Gasteiger partial charge in [0.25, 0.3) is 0 Å². The summed E-state index contributed by atoms with van der Waals surface area (Å²) in [4.78, 5) is 2.35. The topological polar surface area (TPSA) is 32.7 Å². The number of hydrogen-bond acceptors (Lipinski definition) is 3. The van der Waals surface area contributed by atoms with Crippen molar-refractivity contribution < 1.29 is 9.84 Å². The van der Waals surface area contributed by atoms with Gasteiger partial charge in [-0.3, -0.25) is 0 Å². The highest BCUT2D eigenvalue weighted by Crippen LogP contribution is 2.55. The van der Waals surface area contributed by atoms with Crippen LogP contribution in [0, 0.1) is 0 Å². The van der Waals surface area contributed by atoms with Gasteiger partial charge in [-0.2, -0.15) is 0 Å². The Morgan fingerprint density at radius 3 is 3.00 bits per heavy atom. The first-order valence-corrected chi connectivity index (χ1v) is 7.88. The zero-order chi connectivity index (χ0) is 14.7. The monoisotopic (exact) mass is 285 g/mol. The molecule has 1 N–H and O–H groups in total. The molecule has 1 aromatic carbocycles. The minimum atomic E-state index is -0.645. The van der Waals surface area contributed by atoms with E-state index in [4.69, 9.17) is 4.74 Å². The number of likely N-dealkylation sites (N-methyl/N-ethyl adjacent to an activating group) is 1. The molecule has 2 bridgehead atoms. The minimum absolute atomic E-state index is 0.220. The summed E-state index contributed by atoms with van der Waals surface area (Å²) in [5.74, 6) is 0.891. The summed E-state index contributed by atoms with van der Waals surface area (Å²) < 4.78 is 5.43. The third kappa shape index (κ3) is 1.56. The van der Waals surface area contributed by atoms with Gasteiger partial charge < -0.3 is 14.7 Å². The molecule has 0 saturated carbocycles. The van der Waals surface area contributed by atoms with Gasteiger partial charge in [-0.1, -0.05) is 18.2 Å². The van der Waals surface area contributed by atoms with Crippen molar-refractivity contribution in [3.8, 4) is 5.75 Å². The third-order valence-electron chi connectivity index (χ3n) is 6.02. The lowest BCUT2D eigenvalue weighted by atomic mass is 9.52. The maximum absolute atomic E-state index is 11.6. The SMILES string of the molecule is COc1ccc2c(c1)[C@@]13C=CCC[C@@]1(O)C(C2)N(C)CC3. The molecule has 1 unspecified atom stereocenters. The number of likely N-dealkylation sites (tertiary alicyclic amines) is 1. The summed E-state index contributed by atoms with van der Waals surface area (Å²) in [6, 6.07) is 6.60. The number of hydrogen-bond donors (Lipinski definition) is 1. The number of rotatable bonds is 1. The fourth-order valence-corrected chi connectivity index (χ4v) is 4.86. The summed E-state index contributed by atoms with van der Waals surface area (Å²) in [6.07, 6.45) is 8.28. The molecule has 0 amide bonds. The maximum Gasteiger partial charge on any atom is 0.119 e. The van der Waals surface area contributed by atoms with Gasteiger partial charge in [0.05, 0.1) is 12.7 Å². The van der Waals surface area contributed by atoms with Crippen molar-refractivity contribution in [3.63, 3.8) is 0 Å². The Kier molecular flexibility index (Phi) is 2.76. The molecule has 3 atom stereocenters. The van der Waals surface area contributed by atoms with Crippen molar-refractivity contribution in [1.29, 1.82) is 0 Å². The molecule has 0 aromatic heterocycles. The van der Waals surface area contributed by atoms with Crippen LogP contribution in [-0.4, -0.2) is 42.4 Å². The van der Waals surface area contributed by atoms with Crippen LogP contribution in [0.4, 0.5) is 0 Å². The van der Waals surface area contributed by atoms with Crippen LogP contribution in [0.1, 0.15) is 30.4 Å². The van der Waals surface area contributed by atoms with E-state index in [-0.39, 0.29) is 11.5 Å². The standard InChI is InChI=1S/C18H23NO2/c1-19-10-9-17-7-3-4-8-18(17,20)16(19)11-13-5-6-14(21-2)12-15(13)17/h3,5-7,12,16,20H,4,8-11H2,1-2H3/t16?,17-,18+/m0/s1. The number of allylic oxidation sites excluding steroid dienone is 1. The predicted molar refractivity (Wildman–Crippen MR) is 82.7 cm³/mol. The Morgan fingerprint density at radius 1 is 1.33 bits per heavy atom. The highest BCUT2D eigenvalue weighted by molar-refractivity contribution is 5.51. The van der Waals surface area contributed by atoms with E-state index in [0.29, 0.717) is 0 Å². The average molecular weight is 285 g/mol. The number of methoxy groups -OCH3 is 1. The zero-order valence-corrected chi connectivity index (χ0v) is 12.8. The molecule has 1 saturated heterocycles. The Labute approximate surface area is 126 Å². The molecule has 3 nitrogen and oxygen atoms in total. The highest BCUT2D eigenvalue weighted by atomic mass is 16.5. The van der Waals surface area contributed by atoms with Crippen molar-refractivity contribution in [2.24, 2.45) is 0 Å². The van der Waals surface area contributed by atoms with Crippen LogP contribution in [0.2, 0.25) is 0 Å². The van der Waals surface area contributed by atoms with Crippen LogP contribution < -0.4 is 4.74 Å². The number of piperidine rings is 1. The predicted octanol–water partition coefficient (Wildman–Crippen LogP) is 2.27. The second-order valence-electron chi connectivity index (χ2n) is 6.81. The number of fused-ring (bicyclic) bond motifs is 1. The van der Waals surface area contributed by atoms with Crippen molar-refractivity contribution in [2.75, 3.05) is 20.7 Å². The van der Waals surface area contributed by atoms with Crippen molar-refractivity contribution in [2.45, 2.75) is 42.7 Å². The molecule has 1 heterocycles. The first-order valence-electron chi connectivity index (χ1n) is 7.88. The highest BCUT2D eigenvalue weighted by Gasteiger charge is 2.61. The first-order chi connectivity index (χ1) is 10.1. The quantitative estimate of drug-likeness (QED) is 0.804. The molecule has 0 spiro atoms. The van der Waals surface area contributed by atoms with E-state index in [1.54, 1.807) is 7.11 Å². The minimum Gasteiger partial charge on any atom is -0.497 e. The first kappa shape index (κ1) is 13.4. The maximum atomic E-state index is 11.6. The Hall–Kier alpha value is -1.32. The van der Waals surface area contributed by atoms with E-state index in [2.05, 4.69) is 36.2 Å². The van der Waals surface area contributed by atoms with E-state index in [1.807, 2.05) is 6.07 Å². The van der Waals surface area contributed by atoms with Gasteiger partial charge in [0.1, 0.15) is 5.75 Å². The van der Waals surface area contributed by atoms with Crippen molar-refractivity contribution >= 4 is 0 Å². The van der Waals surface area contributed by atoms with E-state index in [9.17, 15) is 5.11 Å². The number of ether oxygens (including phenoxy) is 1. The van der Waals surface area contributed by atoms with Crippen LogP contribution >= 0.6 is 0 Å². The summed E-state index contributed by atoms with van der Waals surface area (Å²) in [5, 5.41) is 11.6. The average Bonchev–Trinajstić information content (AvgIpc) is 2.50. The number of aliphatic hydroxyl groups is 1. The van der Waals surface area contributed by atoms with Gasteiger partial charge in [0, 0.05) is 11.5 Å². The molecule has 3 heteroatoms. The largest absolute Gasteiger partial charge is 0.497 e. The zero-order valence-electron chi connectivity index (χ0n) is 12.8. The molecule has 3 aliphatic rings. The summed E-state index contributed by atoms with van der Waals surface area (Å²) in [5.41, 5.74) is 1.77. The van der Waals surface area contributed by atoms with Gasteiger partial charge in [-0.25, -0.2) is 0 Å². The lowest BCUT2D eigenvalue weighted by molar-refractivity contribution is -0.131. The third-order valence-corrected chi connectivity index (χ3v) is 6.02. The van der Waals surface area contributed by atoms with Crippen molar-refractivity contribution in [3.05, 3.63) is 41.5 Å². The van der Waals surface area contributed by atoms with E-state index in [0.717, 1.165) is 38.0 Å². The van der Waals surface area contributed by atoms with Crippen LogP contribution in [0.25, 0.3) is 0 Å². The van der Waals surface area contributed by atoms with Crippen LogP contribution in [-0.2, 0) is 11.8 Å². The second kappa shape index (κ2) is 4.34. The van der Waals surface area contributed by atoms with Crippen LogP contribution in [0.3, 0.4) is 0 Å². The molecule has 2 aliphatic carbocycles. The molecule has 112 valence electrons. The van der Waals surface area contributed by atoms with Gasteiger partial charge in [-0.15, -0.1) is 0 Å². The molecular formula is C18H23NO2. The van der Waals surface area contributed by atoms with E-state index < -0.39 is 5.60 Å². The number of nitrogens with zero attached hydrogens (tertiary/aromatic N) is 1. The lowest BCUT2D eigenvalue weighted by Gasteiger charge is -2.61. The summed E-state index contributed by atoms with van der Waals surface area (Å²) in [6.45, 7) is 1.04. The van der Waals surface area contributed by atoms with E-state index >= 15 is 0 Å².